The Morgan fingerprint density at radius 1 is 1.64 bits per heavy atom. The van der Waals surface area contributed by atoms with Gasteiger partial charge in [-0.1, -0.05) is 0 Å². The van der Waals surface area contributed by atoms with Crippen molar-refractivity contribution in [2.45, 2.75) is 19.4 Å². The molecule has 0 unspecified atom stereocenters. The minimum Gasteiger partial charge on any atom is -0.463 e. The molecule has 5 nitrogen and oxygen atoms in total. The summed E-state index contributed by atoms with van der Waals surface area (Å²) in [4.78, 5) is 15.0. The van der Waals surface area contributed by atoms with Gasteiger partial charge in [0.2, 0.25) is 0 Å². The molecule has 5 heteroatoms. The van der Waals surface area contributed by atoms with Crippen LogP contribution in [-0.4, -0.2) is 40.6 Å². The SMILES string of the molecule is CN(OC(C)(C)CO)C(=O)O. The van der Waals surface area contributed by atoms with Crippen molar-refractivity contribution in [3.63, 3.8) is 0 Å². The predicted molar refractivity (Wildman–Crippen MR) is 38.0 cm³/mol. The third kappa shape index (κ3) is 3.79. The van der Waals surface area contributed by atoms with Gasteiger partial charge < -0.3 is 10.2 Å². The summed E-state index contributed by atoms with van der Waals surface area (Å²) in [7, 11) is 1.26. The van der Waals surface area contributed by atoms with Gasteiger partial charge >= 0.3 is 6.09 Å². The molecule has 0 fully saturated rings. The molecule has 0 aliphatic heterocycles. The summed E-state index contributed by atoms with van der Waals surface area (Å²) >= 11 is 0. The fraction of sp³-hybridized carbons (Fsp3) is 0.833. The first-order chi connectivity index (χ1) is 4.89. The van der Waals surface area contributed by atoms with Gasteiger partial charge in [0.1, 0.15) is 5.60 Å². The zero-order valence-electron chi connectivity index (χ0n) is 6.87. The lowest BCUT2D eigenvalue weighted by atomic mass is 10.2. The number of amides is 1. The number of hydrogen-bond donors (Lipinski definition) is 2. The highest BCUT2D eigenvalue weighted by Gasteiger charge is 2.22. The molecule has 0 heterocycles. The quantitative estimate of drug-likeness (QED) is 0.587. The third-order valence-corrected chi connectivity index (χ3v) is 1.03. The van der Waals surface area contributed by atoms with Gasteiger partial charge in [-0.15, -0.1) is 0 Å². The van der Waals surface area contributed by atoms with Crippen molar-refractivity contribution in [3.8, 4) is 0 Å². The monoisotopic (exact) mass is 163 g/mol. The van der Waals surface area contributed by atoms with Crippen molar-refractivity contribution in [1.29, 1.82) is 0 Å². The molecular formula is C6H13NO4. The van der Waals surface area contributed by atoms with Crippen LogP contribution in [0.2, 0.25) is 0 Å². The molecule has 1 amide bonds. The maximum Gasteiger partial charge on any atom is 0.431 e. The van der Waals surface area contributed by atoms with E-state index in [0.717, 1.165) is 0 Å². The van der Waals surface area contributed by atoms with E-state index in [0.29, 0.717) is 5.06 Å². The lowest BCUT2D eigenvalue weighted by Crippen LogP contribution is -2.39. The second-order valence-corrected chi connectivity index (χ2v) is 2.79. The van der Waals surface area contributed by atoms with Crippen LogP contribution < -0.4 is 0 Å². The van der Waals surface area contributed by atoms with Crippen molar-refractivity contribution in [3.05, 3.63) is 0 Å². The third-order valence-electron chi connectivity index (χ3n) is 1.03. The smallest absolute Gasteiger partial charge is 0.431 e. The highest BCUT2D eigenvalue weighted by molar-refractivity contribution is 5.63. The predicted octanol–water partition coefficient (Wildman–Crippen LogP) is 0.299. The van der Waals surface area contributed by atoms with E-state index in [2.05, 4.69) is 0 Å². The van der Waals surface area contributed by atoms with Crippen LogP contribution in [0.15, 0.2) is 0 Å². The molecule has 0 spiro atoms. The van der Waals surface area contributed by atoms with Crippen LogP contribution in [-0.2, 0) is 4.84 Å². The summed E-state index contributed by atoms with van der Waals surface area (Å²) in [6, 6.07) is 0. The lowest BCUT2D eigenvalue weighted by Gasteiger charge is -2.26. The van der Waals surface area contributed by atoms with Crippen LogP contribution in [0.25, 0.3) is 0 Å². The van der Waals surface area contributed by atoms with E-state index >= 15 is 0 Å². The number of carboxylic acid groups (broad SMARTS) is 1. The van der Waals surface area contributed by atoms with E-state index in [1.807, 2.05) is 0 Å². The molecule has 0 aromatic heterocycles. The van der Waals surface area contributed by atoms with Crippen molar-refractivity contribution >= 4 is 6.09 Å². The average Bonchev–Trinajstić information content (AvgIpc) is 1.87. The van der Waals surface area contributed by atoms with Crippen molar-refractivity contribution in [1.82, 2.24) is 5.06 Å². The van der Waals surface area contributed by atoms with E-state index in [4.69, 9.17) is 15.1 Å². The molecule has 0 saturated carbocycles. The topological polar surface area (TPSA) is 70.0 Å². The molecular weight excluding hydrogens is 150 g/mol. The Morgan fingerprint density at radius 2 is 2.09 bits per heavy atom. The van der Waals surface area contributed by atoms with Gasteiger partial charge in [-0.25, -0.2) is 4.79 Å². The molecule has 66 valence electrons. The van der Waals surface area contributed by atoms with Gasteiger partial charge in [-0.3, -0.25) is 4.84 Å². The van der Waals surface area contributed by atoms with Gasteiger partial charge in [-0.05, 0) is 13.8 Å². The zero-order valence-corrected chi connectivity index (χ0v) is 6.87. The van der Waals surface area contributed by atoms with Gasteiger partial charge in [0.05, 0.1) is 6.61 Å². The van der Waals surface area contributed by atoms with E-state index in [9.17, 15) is 4.79 Å². The molecule has 0 aliphatic rings. The van der Waals surface area contributed by atoms with Gasteiger partial charge in [0, 0.05) is 7.05 Å². The standard InChI is InChI=1S/C6H13NO4/c1-6(2,4-8)11-7(3)5(9)10/h8H,4H2,1-3H3,(H,9,10). The molecule has 0 radical (unpaired) electrons. The number of nitrogens with zero attached hydrogens (tertiary/aromatic N) is 1. The summed E-state index contributed by atoms with van der Waals surface area (Å²) < 4.78 is 0. The Balaban J connectivity index is 3.93. The average molecular weight is 163 g/mol. The fourth-order valence-corrected chi connectivity index (χ4v) is 0.439. The first-order valence-electron chi connectivity index (χ1n) is 3.16. The number of hydrogen-bond acceptors (Lipinski definition) is 3. The fourth-order valence-electron chi connectivity index (χ4n) is 0.439. The Morgan fingerprint density at radius 3 is 2.36 bits per heavy atom. The summed E-state index contributed by atoms with van der Waals surface area (Å²) in [5.41, 5.74) is -0.854. The lowest BCUT2D eigenvalue weighted by molar-refractivity contribution is -0.208. The van der Waals surface area contributed by atoms with Crippen LogP contribution in [0, 0.1) is 0 Å². The molecule has 2 N–H and O–H groups in total. The summed E-state index contributed by atoms with van der Waals surface area (Å²) in [5.74, 6) is 0. The van der Waals surface area contributed by atoms with Crippen LogP contribution in [0.4, 0.5) is 4.79 Å². The Hall–Kier alpha value is -0.810. The van der Waals surface area contributed by atoms with E-state index in [-0.39, 0.29) is 6.61 Å². The number of hydroxylamine groups is 2. The molecule has 0 bridgehead atoms. The van der Waals surface area contributed by atoms with Crippen LogP contribution in [0.1, 0.15) is 13.8 Å². The van der Waals surface area contributed by atoms with Gasteiger partial charge in [0.15, 0.2) is 0 Å². The van der Waals surface area contributed by atoms with Gasteiger partial charge in [-0.2, -0.15) is 5.06 Å². The van der Waals surface area contributed by atoms with Crippen molar-refractivity contribution in [2.75, 3.05) is 13.7 Å². The highest BCUT2D eigenvalue weighted by Crippen LogP contribution is 2.08. The molecule has 0 atom stereocenters. The van der Waals surface area contributed by atoms with Crippen LogP contribution in [0.5, 0.6) is 0 Å². The maximum absolute atomic E-state index is 10.2. The zero-order chi connectivity index (χ0) is 9.07. The van der Waals surface area contributed by atoms with Crippen LogP contribution >= 0.6 is 0 Å². The van der Waals surface area contributed by atoms with Crippen molar-refractivity contribution in [2.24, 2.45) is 0 Å². The molecule has 0 aliphatic carbocycles. The van der Waals surface area contributed by atoms with E-state index in [1.165, 1.54) is 7.05 Å². The molecule has 0 aromatic rings. The molecule has 0 rings (SSSR count). The first kappa shape index (κ1) is 10.2. The summed E-state index contributed by atoms with van der Waals surface area (Å²) in [5, 5.41) is 17.7. The normalized spacial score (nSPS) is 11.3. The van der Waals surface area contributed by atoms with E-state index in [1.54, 1.807) is 13.8 Å². The maximum atomic E-state index is 10.2. The summed E-state index contributed by atoms with van der Waals surface area (Å²) in [6.45, 7) is 2.95. The molecule has 11 heavy (non-hydrogen) atoms. The number of carbonyl (C=O) groups is 1. The van der Waals surface area contributed by atoms with Gasteiger partial charge in [0.25, 0.3) is 0 Å². The number of rotatable bonds is 3. The highest BCUT2D eigenvalue weighted by atomic mass is 16.7. The second-order valence-electron chi connectivity index (χ2n) is 2.79. The Bertz CT molecular complexity index is 146. The van der Waals surface area contributed by atoms with Crippen LogP contribution in [0.3, 0.4) is 0 Å². The van der Waals surface area contributed by atoms with E-state index < -0.39 is 11.7 Å². The summed E-state index contributed by atoms with van der Waals surface area (Å²) in [6.07, 6.45) is -1.19. The molecule has 0 saturated heterocycles. The molecule has 0 aromatic carbocycles. The first-order valence-corrected chi connectivity index (χ1v) is 3.16. The van der Waals surface area contributed by atoms with Crippen molar-refractivity contribution < 1.29 is 19.8 Å². The Labute approximate surface area is 65.1 Å². The minimum absolute atomic E-state index is 0.232. The number of aliphatic hydroxyl groups excluding tert-OH is 1. The second kappa shape index (κ2) is 3.54. The largest absolute Gasteiger partial charge is 0.463 e. The number of aliphatic hydroxyl groups is 1. The minimum atomic E-state index is -1.19. The Kier molecular flexibility index (Phi) is 3.28.